The predicted octanol–water partition coefficient (Wildman–Crippen LogP) is 2.54. The average Bonchev–Trinajstić information content (AvgIpc) is 2.43. The highest BCUT2D eigenvalue weighted by atomic mass is 19.1. The smallest absolute Gasteiger partial charge is 0.275 e. The molecule has 0 aliphatic heterocycles. The Bertz CT molecular complexity index is 524. The first-order valence-electron chi connectivity index (χ1n) is 6.50. The maximum absolute atomic E-state index is 13.7. The molecule has 0 bridgehead atoms. The summed E-state index contributed by atoms with van der Waals surface area (Å²) in [6.45, 7) is 6.02. The minimum atomic E-state index is -1.11. The standard InChI is InChI=1S/C13H17F2N3O3/c1-4-17(5-2)13(19)8(3)16-12-10(14)6-9(18(20)21)7-11(12)15/h6-8,16H,4-5H2,1-3H3. The van der Waals surface area contributed by atoms with E-state index in [0.717, 1.165) is 0 Å². The highest BCUT2D eigenvalue weighted by Gasteiger charge is 2.23. The van der Waals surface area contributed by atoms with Crippen molar-refractivity contribution in [3.05, 3.63) is 33.9 Å². The van der Waals surface area contributed by atoms with E-state index >= 15 is 0 Å². The lowest BCUT2D eigenvalue weighted by Crippen LogP contribution is -2.41. The SMILES string of the molecule is CCN(CC)C(=O)C(C)Nc1c(F)cc([N+](=O)[O-])cc1F. The van der Waals surface area contributed by atoms with Gasteiger partial charge in [0, 0.05) is 13.1 Å². The van der Waals surface area contributed by atoms with E-state index in [1.807, 2.05) is 0 Å². The van der Waals surface area contributed by atoms with Crippen LogP contribution in [-0.2, 0) is 4.79 Å². The largest absolute Gasteiger partial charge is 0.369 e. The molecule has 0 aromatic heterocycles. The molecule has 0 heterocycles. The molecular formula is C13H17F2N3O3. The summed E-state index contributed by atoms with van der Waals surface area (Å²) in [5, 5.41) is 12.9. The van der Waals surface area contributed by atoms with Crippen molar-refractivity contribution in [1.29, 1.82) is 0 Å². The van der Waals surface area contributed by atoms with Gasteiger partial charge in [-0.05, 0) is 20.8 Å². The minimum absolute atomic E-state index is 0.308. The molecule has 21 heavy (non-hydrogen) atoms. The molecule has 0 radical (unpaired) electrons. The average molecular weight is 301 g/mol. The zero-order valence-corrected chi connectivity index (χ0v) is 12.0. The Morgan fingerprint density at radius 3 is 2.19 bits per heavy atom. The van der Waals surface area contributed by atoms with Crippen LogP contribution < -0.4 is 5.32 Å². The third kappa shape index (κ3) is 3.87. The zero-order chi connectivity index (χ0) is 16.2. The molecule has 0 spiro atoms. The monoisotopic (exact) mass is 301 g/mol. The van der Waals surface area contributed by atoms with E-state index in [-0.39, 0.29) is 5.91 Å². The second kappa shape index (κ2) is 6.96. The molecule has 8 heteroatoms. The summed E-state index contributed by atoms with van der Waals surface area (Å²) in [6, 6.07) is 0.371. The number of carbonyl (C=O) groups excluding carboxylic acids is 1. The number of hydrogen-bond acceptors (Lipinski definition) is 4. The summed E-state index contributed by atoms with van der Waals surface area (Å²) in [5.74, 6) is -2.53. The van der Waals surface area contributed by atoms with Gasteiger partial charge in [-0.1, -0.05) is 0 Å². The van der Waals surface area contributed by atoms with Gasteiger partial charge in [-0.15, -0.1) is 0 Å². The van der Waals surface area contributed by atoms with Crippen LogP contribution in [0.2, 0.25) is 0 Å². The number of likely N-dealkylation sites (N-methyl/N-ethyl adjacent to an activating group) is 1. The lowest BCUT2D eigenvalue weighted by Gasteiger charge is -2.24. The van der Waals surface area contributed by atoms with Crippen LogP contribution in [0.5, 0.6) is 0 Å². The number of nitro benzene ring substituents is 1. The number of amides is 1. The first kappa shape index (κ1) is 16.8. The van der Waals surface area contributed by atoms with Crippen LogP contribution in [-0.4, -0.2) is 34.9 Å². The lowest BCUT2D eigenvalue weighted by molar-refractivity contribution is -0.385. The molecule has 1 unspecified atom stereocenters. The molecule has 0 aliphatic rings. The Morgan fingerprint density at radius 1 is 1.33 bits per heavy atom. The molecule has 116 valence electrons. The fourth-order valence-electron chi connectivity index (χ4n) is 1.89. The van der Waals surface area contributed by atoms with Crippen LogP contribution in [0.1, 0.15) is 20.8 Å². The molecule has 1 amide bonds. The molecule has 0 aliphatic carbocycles. The quantitative estimate of drug-likeness (QED) is 0.647. The number of hydrogen-bond donors (Lipinski definition) is 1. The first-order valence-corrected chi connectivity index (χ1v) is 6.50. The molecule has 6 nitrogen and oxygen atoms in total. The normalized spacial score (nSPS) is 11.9. The summed E-state index contributed by atoms with van der Waals surface area (Å²) < 4.78 is 27.5. The van der Waals surface area contributed by atoms with Gasteiger partial charge in [0.1, 0.15) is 11.7 Å². The number of anilines is 1. The fraction of sp³-hybridized carbons (Fsp3) is 0.462. The number of nitrogens with zero attached hydrogens (tertiary/aromatic N) is 2. The van der Waals surface area contributed by atoms with E-state index in [2.05, 4.69) is 5.32 Å². The van der Waals surface area contributed by atoms with Crippen molar-refractivity contribution in [3.8, 4) is 0 Å². The number of carbonyl (C=O) groups is 1. The van der Waals surface area contributed by atoms with Crippen LogP contribution in [0.3, 0.4) is 0 Å². The van der Waals surface area contributed by atoms with Crippen LogP contribution in [0.4, 0.5) is 20.2 Å². The number of rotatable bonds is 6. The molecular weight excluding hydrogens is 284 g/mol. The molecule has 1 aromatic carbocycles. The summed E-state index contributed by atoms with van der Waals surface area (Å²) in [6.07, 6.45) is 0. The molecule has 0 fully saturated rings. The third-order valence-corrected chi connectivity index (χ3v) is 3.04. The number of non-ortho nitro benzene ring substituents is 1. The van der Waals surface area contributed by atoms with Crippen molar-refractivity contribution in [2.45, 2.75) is 26.8 Å². The van der Waals surface area contributed by atoms with E-state index in [4.69, 9.17) is 0 Å². The number of nitrogens with one attached hydrogen (secondary N) is 1. The van der Waals surface area contributed by atoms with Crippen molar-refractivity contribution in [1.82, 2.24) is 4.90 Å². The predicted molar refractivity (Wildman–Crippen MR) is 74.0 cm³/mol. The van der Waals surface area contributed by atoms with Crippen LogP contribution in [0.15, 0.2) is 12.1 Å². The second-order valence-corrected chi connectivity index (χ2v) is 4.42. The van der Waals surface area contributed by atoms with Gasteiger partial charge in [-0.25, -0.2) is 8.78 Å². The summed E-state index contributed by atoms with van der Waals surface area (Å²) in [5.41, 5.74) is -1.23. The van der Waals surface area contributed by atoms with E-state index in [1.54, 1.807) is 13.8 Å². The molecule has 1 aromatic rings. The van der Waals surface area contributed by atoms with Crippen LogP contribution in [0, 0.1) is 21.7 Å². The van der Waals surface area contributed by atoms with E-state index in [0.29, 0.717) is 25.2 Å². The Balaban J connectivity index is 2.98. The van der Waals surface area contributed by atoms with Gasteiger partial charge in [0.25, 0.3) is 5.69 Å². The Morgan fingerprint density at radius 2 is 1.81 bits per heavy atom. The summed E-state index contributed by atoms with van der Waals surface area (Å²) in [4.78, 5) is 23.1. The number of benzene rings is 1. The number of halogens is 2. The zero-order valence-electron chi connectivity index (χ0n) is 12.0. The van der Waals surface area contributed by atoms with Gasteiger partial charge in [-0.2, -0.15) is 0 Å². The number of nitro groups is 1. The third-order valence-electron chi connectivity index (χ3n) is 3.04. The highest BCUT2D eigenvalue weighted by Crippen LogP contribution is 2.25. The molecule has 0 saturated heterocycles. The van der Waals surface area contributed by atoms with Crippen molar-refractivity contribution < 1.29 is 18.5 Å². The van der Waals surface area contributed by atoms with Crippen LogP contribution in [0.25, 0.3) is 0 Å². The van der Waals surface area contributed by atoms with Gasteiger partial charge in [0.05, 0.1) is 17.1 Å². The first-order chi connectivity index (χ1) is 9.81. The van der Waals surface area contributed by atoms with Crippen molar-refractivity contribution in [2.75, 3.05) is 18.4 Å². The molecule has 1 rings (SSSR count). The molecule has 1 atom stereocenters. The Hall–Kier alpha value is -2.25. The summed E-state index contributed by atoms with van der Waals surface area (Å²) >= 11 is 0. The van der Waals surface area contributed by atoms with E-state index < -0.39 is 34.0 Å². The van der Waals surface area contributed by atoms with Gasteiger partial charge in [0.15, 0.2) is 11.6 Å². The topological polar surface area (TPSA) is 75.5 Å². The highest BCUT2D eigenvalue weighted by molar-refractivity contribution is 5.84. The summed E-state index contributed by atoms with van der Waals surface area (Å²) in [7, 11) is 0. The van der Waals surface area contributed by atoms with E-state index in [1.165, 1.54) is 11.8 Å². The lowest BCUT2D eigenvalue weighted by atomic mass is 10.2. The fourth-order valence-corrected chi connectivity index (χ4v) is 1.89. The second-order valence-electron chi connectivity index (χ2n) is 4.42. The molecule has 1 N–H and O–H groups in total. The Labute approximate surface area is 120 Å². The van der Waals surface area contributed by atoms with Gasteiger partial charge < -0.3 is 10.2 Å². The van der Waals surface area contributed by atoms with Crippen molar-refractivity contribution in [3.63, 3.8) is 0 Å². The molecule has 0 saturated carbocycles. The van der Waals surface area contributed by atoms with Crippen molar-refractivity contribution >= 4 is 17.3 Å². The van der Waals surface area contributed by atoms with Crippen LogP contribution >= 0.6 is 0 Å². The maximum Gasteiger partial charge on any atom is 0.275 e. The maximum atomic E-state index is 13.7. The van der Waals surface area contributed by atoms with Gasteiger partial charge in [-0.3, -0.25) is 14.9 Å². The van der Waals surface area contributed by atoms with Gasteiger partial charge in [0.2, 0.25) is 5.91 Å². The Kier molecular flexibility index (Phi) is 5.57. The van der Waals surface area contributed by atoms with E-state index in [9.17, 15) is 23.7 Å². The minimum Gasteiger partial charge on any atom is -0.369 e. The van der Waals surface area contributed by atoms with Crippen molar-refractivity contribution in [2.24, 2.45) is 0 Å². The van der Waals surface area contributed by atoms with Gasteiger partial charge >= 0.3 is 0 Å².